The lowest BCUT2D eigenvalue weighted by Crippen LogP contribution is -2.38. The average molecular weight is 340 g/mol. The third kappa shape index (κ3) is 4.06. The van der Waals surface area contributed by atoms with Gasteiger partial charge in [0.2, 0.25) is 0 Å². The molecule has 0 aliphatic heterocycles. The van der Waals surface area contributed by atoms with E-state index in [-0.39, 0.29) is 12.5 Å². The smallest absolute Gasteiger partial charge is 0.252 e. The standard InChI is InChI=1S/C16H18ClNO3S/c1-3-22-13-7-6-11(17)9-12(13)15(19)18-10-16(2,20)14-5-4-8-21-14/h4-9,20H,3,10H2,1-2H3,(H,18,19). The molecule has 4 nitrogen and oxygen atoms in total. The Bertz CT molecular complexity index is 641. The molecule has 1 aromatic carbocycles. The van der Waals surface area contributed by atoms with E-state index in [1.165, 1.54) is 6.26 Å². The summed E-state index contributed by atoms with van der Waals surface area (Å²) in [5.74, 6) is 0.985. The molecule has 0 spiro atoms. The number of halogens is 1. The summed E-state index contributed by atoms with van der Waals surface area (Å²) in [6.45, 7) is 3.65. The number of hydrogen-bond acceptors (Lipinski definition) is 4. The van der Waals surface area contributed by atoms with Crippen LogP contribution in [-0.2, 0) is 5.60 Å². The summed E-state index contributed by atoms with van der Waals surface area (Å²) in [6.07, 6.45) is 1.48. The van der Waals surface area contributed by atoms with Crippen molar-refractivity contribution in [3.63, 3.8) is 0 Å². The summed E-state index contributed by atoms with van der Waals surface area (Å²) in [6, 6.07) is 8.59. The molecule has 1 heterocycles. The van der Waals surface area contributed by atoms with Crippen LogP contribution in [0.5, 0.6) is 0 Å². The Morgan fingerprint density at radius 3 is 2.86 bits per heavy atom. The van der Waals surface area contributed by atoms with Gasteiger partial charge in [-0.25, -0.2) is 0 Å². The second-order valence-electron chi connectivity index (χ2n) is 5.01. The van der Waals surface area contributed by atoms with E-state index >= 15 is 0 Å². The predicted molar refractivity (Wildman–Crippen MR) is 88.5 cm³/mol. The second-order valence-corrected chi connectivity index (χ2v) is 6.75. The van der Waals surface area contributed by atoms with Crippen LogP contribution in [0.25, 0.3) is 0 Å². The molecule has 2 aromatic rings. The largest absolute Gasteiger partial charge is 0.466 e. The zero-order valence-electron chi connectivity index (χ0n) is 12.4. The lowest BCUT2D eigenvalue weighted by molar-refractivity contribution is 0.0330. The van der Waals surface area contributed by atoms with Crippen LogP contribution >= 0.6 is 23.4 Å². The number of rotatable bonds is 6. The van der Waals surface area contributed by atoms with Gasteiger partial charge in [0.15, 0.2) is 0 Å². The molecule has 1 aromatic heterocycles. The molecule has 0 saturated heterocycles. The van der Waals surface area contributed by atoms with Crippen LogP contribution in [0.4, 0.5) is 0 Å². The summed E-state index contributed by atoms with van der Waals surface area (Å²) in [4.78, 5) is 13.2. The molecule has 1 amide bonds. The first-order valence-corrected chi connectivity index (χ1v) is 8.27. The van der Waals surface area contributed by atoms with Gasteiger partial charge in [0, 0.05) is 9.92 Å². The fourth-order valence-corrected chi connectivity index (χ4v) is 2.94. The summed E-state index contributed by atoms with van der Waals surface area (Å²) < 4.78 is 5.19. The van der Waals surface area contributed by atoms with Gasteiger partial charge >= 0.3 is 0 Å². The van der Waals surface area contributed by atoms with Crippen molar-refractivity contribution in [3.8, 4) is 0 Å². The number of furan rings is 1. The third-order valence-electron chi connectivity index (χ3n) is 3.13. The van der Waals surface area contributed by atoms with Gasteiger partial charge in [0.1, 0.15) is 11.4 Å². The Labute approximate surface area is 138 Å². The molecule has 0 fully saturated rings. The number of benzene rings is 1. The first-order chi connectivity index (χ1) is 10.4. The Morgan fingerprint density at radius 1 is 1.45 bits per heavy atom. The van der Waals surface area contributed by atoms with Crippen molar-refractivity contribution in [1.29, 1.82) is 0 Å². The number of thioether (sulfide) groups is 1. The first kappa shape index (κ1) is 16.9. The quantitative estimate of drug-likeness (QED) is 0.788. The zero-order chi connectivity index (χ0) is 16.2. The molecular formula is C16H18ClNO3S. The van der Waals surface area contributed by atoms with Gasteiger partial charge in [-0.3, -0.25) is 4.79 Å². The summed E-state index contributed by atoms with van der Waals surface area (Å²) in [5.41, 5.74) is -0.759. The molecule has 1 unspecified atom stereocenters. The van der Waals surface area contributed by atoms with E-state index in [2.05, 4.69) is 5.32 Å². The van der Waals surface area contributed by atoms with E-state index < -0.39 is 5.60 Å². The molecule has 0 aliphatic rings. The van der Waals surface area contributed by atoms with Gasteiger partial charge in [-0.05, 0) is 43.0 Å². The molecule has 118 valence electrons. The van der Waals surface area contributed by atoms with Gasteiger partial charge in [0.25, 0.3) is 5.91 Å². The van der Waals surface area contributed by atoms with E-state index in [9.17, 15) is 9.90 Å². The maximum Gasteiger partial charge on any atom is 0.252 e. The minimum absolute atomic E-state index is 0.0437. The molecule has 0 bridgehead atoms. The number of nitrogens with one attached hydrogen (secondary N) is 1. The van der Waals surface area contributed by atoms with E-state index in [1.807, 2.05) is 13.0 Å². The average Bonchev–Trinajstić information content (AvgIpc) is 3.02. The van der Waals surface area contributed by atoms with Crippen molar-refractivity contribution < 1.29 is 14.3 Å². The highest BCUT2D eigenvalue weighted by Crippen LogP contribution is 2.26. The van der Waals surface area contributed by atoms with Gasteiger partial charge in [-0.15, -0.1) is 11.8 Å². The van der Waals surface area contributed by atoms with Crippen LogP contribution in [0.15, 0.2) is 45.9 Å². The maximum atomic E-state index is 12.4. The van der Waals surface area contributed by atoms with Crippen LogP contribution in [0.3, 0.4) is 0 Å². The van der Waals surface area contributed by atoms with Crippen LogP contribution in [-0.4, -0.2) is 23.3 Å². The number of carbonyl (C=O) groups excluding carboxylic acids is 1. The van der Waals surface area contributed by atoms with Gasteiger partial charge in [-0.1, -0.05) is 18.5 Å². The first-order valence-electron chi connectivity index (χ1n) is 6.91. The minimum Gasteiger partial charge on any atom is -0.466 e. The molecule has 2 rings (SSSR count). The summed E-state index contributed by atoms with van der Waals surface area (Å²) in [5, 5.41) is 13.6. The SMILES string of the molecule is CCSc1ccc(Cl)cc1C(=O)NCC(C)(O)c1ccco1. The monoisotopic (exact) mass is 339 g/mol. The van der Waals surface area contributed by atoms with Crippen LogP contribution < -0.4 is 5.32 Å². The molecule has 2 N–H and O–H groups in total. The maximum absolute atomic E-state index is 12.4. The van der Waals surface area contributed by atoms with Crippen LogP contribution in [0, 0.1) is 0 Å². The zero-order valence-corrected chi connectivity index (χ0v) is 14.0. The third-order valence-corrected chi connectivity index (χ3v) is 4.32. The minimum atomic E-state index is -1.27. The molecule has 1 atom stereocenters. The van der Waals surface area contributed by atoms with Crippen molar-refractivity contribution >= 4 is 29.3 Å². The number of carbonyl (C=O) groups is 1. The molecule has 0 aliphatic carbocycles. The normalized spacial score (nSPS) is 13.6. The fourth-order valence-electron chi connectivity index (χ4n) is 1.98. The number of aliphatic hydroxyl groups is 1. The lowest BCUT2D eigenvalue weighted by Gasteiger charge is -2.21. The van der Waals surface area contributed by atoms with Gasteiger partial charge in [0.05, 0.1) is 18.4 Å². The number of amides is 1. The van der Waals surface area contributed by atoms with Crippen molar-refractivity contribution in [2.24, 2.45) is 0 Å². The fraction of sp³-hybridized carbons (Fsp3) is 0.312. The van der Waals surface area contributed by atoms with E-state index in [0.717, 1.165) is 10.6 Å². The highest BCUT2D eigenvalue weighted by atomic mass is 35.5. The number of hydrogen-bond donors (Lipinski definition) is 2. The molecular weight excluding hydrogens is 322 g/mol. The van der Waals surface area contributed by atoms with Crippen LogP contribution in [0.1, 0.15) is 30.0 Å². The summed E-state index contributed by atoms with van der Waals surface area (Å²) >= 11 is 7.55. The van der Waals surface area contributed by atoms with Crippen molar-refractivity contribution in [2.45, 2.75) is 24.3 Å². The predicted octanol–water partition coefficient (Wildman–Crippen LogP) is 3.68. The van der Waals surface area contributed by atoms with Gasteiger partial charge < -0.3 is 14.8 Å². The van der Waals surface area contributed by atoms with Gasteiger partial charge in [-0.2, -0.15) is 0 Å². The Morgan fingerprint density at radius 2 is 2.23 bits per heavy atom. The molecule has 0 radical (unpaired) electrons. The van der Waals surface area contributed by atoms with Crippen molar-refractivity contribution in [1.82, 2.24) is 5.32 Å². The van der Waals surface area contributed by atoms with E-state index in [1.54, 1.807) is 43.0 Å². The Hall–Kier alpha value is -1.43. The van der Waals surface area contributed by atoms with Crippen molar-refractivity contribution in [3.05, 3.63) is 52.9 Å². The lowest BCUT2D eigenvalue weighted by atomic mass is 10.0. The highest BCUT2D eigenvalue weighted by Gasteiger charge is 2.27. The molecule has 0 saturated carbocycles. The highest BCUT2D eigenvalue weighted by molar-refractivity contribution is 7.99. The van der Waals surface area contributed by atoms with Crippen LogP contribution in [0.2, 0.25) is 5.02 Å². The van der Waals surface area contributed by atoms with E-state index in [0.29, 0.717) is 16.3 Å². The molecule has 22 heavy (non-hydrogen) atoms. The second kappa shape index (κ2) is 7.22. The van der Waals surface area contributed by atoms with E-state index in [4.69, 9.17) is 16.0 Å². The summed E-state index contributed by atoms with van der Waals surface area (Å²) in [7, 11) is 0. The Balaban J connectivity index is 2.11. The Kier molecular flexibility index (Phi) is 5.56. The molecule has 6 heteroatoms. The topological polar surface area (TPSA) is 62.5 Å². The van der Waals surface area contributed by atoms with Crippen molar-refractivity contribution in [2.75, 3.05) is 12.3 Å².